The highest BCUT2D eigenvalue weighted by Crippen LogP contribution is 2.37. The number of anilines is 1. The van der Waals surface area contributed by atoms with Gasteiger partial charge in [0.05, 0.1) is 32.9 Å². The third kappa shape index (κ3) is 5.18. The van der Waals surface area contributed by atoms with E-state index in [9.17, 15) is 4.21 Å². The lowest BCUT2D eigenvalue weighted by molar-refractivity contribution is 0.407. The van der Waals surface area contributed by atoms with Crippen molar-refractivity contribution in [3.05, 3.63) is 45.9 Å². The van der Waals surface area contributed by atoms with Gasteiger partial charge in [-0.2, -0.15) is 0 Å². The van der Waals surface area contributed by atoms with Gasteiger partial charge in [0.25, 0.3) is 0 Å². The predicted molar refractivity (Wildman–Crippen MR) is 116 cm³/mol. The number of hydrogen-bond acceptors (Lipinski definition) is 3. The molecule has 27 heavy (non-hydrogen) atoms. The Morgan fingerprint density at radius 3 is 2.30 bits per heavy atom. The molecule has 0 N–H and O–H groups in total. The summed E-state index contributed by atoms with van der Waals surface area (Å²) in [7, 11) is 2.17. The summed E-state index contributed by atoms with van der Waals surface area (Å²) in [6.07, 6.45) is 2.20. The van der Waals surface area contributed by atoms with Crippen molar-refractivity contribution in [2.24, 2.45) is 0 Å². The van der Waals surface area contributed by atoms with Crippen molar-refractivity contribution in [3.63, 3.8) is 0 Å². The first kappa shape index (κ1) is 22.1. The molecule has 0 heterocycles. The average Bonchev–Trinajstić information content (AvgIpc) is 2.64. The van der Waals surface area contributed by atoms with E-state index >= 15 is 0 Å². The number of rotatable bonds is 8. The third-order valence-electron chi connectivity index (χ3n) is 4.49. The molecule has 0 aliphatic rings. The summed E-state index contributed by atoms with van der Waals surface area (Å²) in [4.78, 5) is 3.22. The van der Waals surface area contributed by atoms with E-state index in [1.54, 1.807) is 13.2 Å². The fourth-order valence-electron chi connectivity index (χ4n) is 2.87. The zero-order valence-electron chi connectivity index (χ0n) is 16.5. The van der Waals surface area contributed by atoms with Crippen molar-refractivity contribution in [1.82, 2.24) is 0 Å². The van der Waals surface area contributed by atoms with E-state index in [2.05, 4.69) is 25.7 Å². The van der Waals surface area contributed by atoms with Gasteiger partial charge in [-0.05, 0) is 48.2 Å². The zero-order valence-corrected chi connectivity index (χ0v) is 18.8. The van der Waals surface area contributed by atoms with Crippen LogP contribution in [0.15, 0.2) is 40.1 Å². The summed E-state index contributed by atoms with van der Waals surface area (Å²) in [5, 5.41) is 0.835. The Morgan fingerprint density at radius 1 is 1.15 bits per heavy atom. The first-order valence-corrected chi connectivity index (χ1v) is 11.0. The van der Waals surface area contributed by atoms with Gasteiger partial charge in [-0.15, -0.1) is 0 Å². The highest BCUT2D eigenvalue weighted by Gasteiger charge is 2.19. The topological polar surface area (TPSA) is 29.5 Å². The van der Waals surface area contributed by atoms with Crippen LogP contribution in [-0.2, 0) is 10.8 Å². The minimum atomic E-state index is -1.47. The van der Waals surface area contributed by atoms with Crippen molar-refractivity contribution in [3.8, 4) is 5.75 Å². The molecule has 2 aromatic carbocycles. The molecular weight excluding hydrogens is 401 g/mol. The molecule has 0 fully saturated rings. The van der Waals surface area contributed by atoms with Gasteiger partial charge < -0.3 is 9.64 Å². The van der Waals surface area contributed by atoms with E-state index in [0.29, 0.717) is 19.8 Å². The van der Waals surface area contributed by atoms with Crippen LogP contribution < -0.4 is 9.64 Å². The molecule has 0 aromatic heterocycles. The lowest BCUT2D eigenvalue weighted by atomic mass is 10.0. The smallest absolute Gasteiger partial charge is 0.122 e. The maximum atomic E-state index is 13.2. The highest BCUT2D eigenvalue weighted by atomic mass is 35.5. The minimum Gasteiger partial charge on any atom is -0.496 e. The normalized spacial score (nSPS) is 12.3. The molecule has 1 unspecified atom stereocenters. The van der Waals surface area contributed by atoms with Crippen LogP contribution in [0.1, 0.15) is 45.1 Å². The number of methoxy groups -OCH3 is 1. The van der Waals surface area contributed by atoms with E-state index in [-0.39, 0.29) is 5.92 Å². The van der Waals surface area contributed by atoms with Gasteiger partial charge in [0, 0.05) is 24.2 Å². The lowest BCUT2D eigenvalue weighted by Crippen LogP contribution is -2.18. The van der Waals surface area contributed by atoms with Gasteiger partial charge in [-0.25, -0.2) is 4.21 Å². The van der Waals surface area contributed by atoms with Crippen LogP contribution in [0.5, 0.6) is 5.75 Å². The van der Waals surface area contributed by atoms with Crippen LogP contribution in [0.4, 0.5) is 5.69 Å². The van der Waals surface area contributed by atoms with E-state index in [1.165, 1.54) is 0 Å². The molecule has 2 aromatic rings. The Balaban J connectivity index is 2.41. The summed E-state index contributed by atoms with van der Waals surface area (Å²) in [5.74, 6) is 1.04. The Hall–Kier alpha value is -1.23. The second-order valence-electron chi connectivity index (χ2n) is 6.84. The first-order chi connectivity index (χ1) is 12.8. The van der Waals surface area contributed by atoms with Crippen LogP contribution in [0.3, 0.4) is 0 Å². The van der Waals surface area contributed by atoms with Gasteiger partial charge in [0.2, 0.25) is 0 Å². The fraction of sp³-hybridized carbons (Fsp3) is 0.429. The van der Waals surface area contributed by atoms with Crippen LogP contribution in [0.2, 0.25) is 10.0 Å². The Morgan fingerprint density at radius 2 is 1.78 bits per heavy atom. The summed E-state index contributed by atoms with van der Waals surface area (Å²) in [5.41, 5.74) is 1.93. The van der Waals surface area contributed by atoms with Crippen LogP contribution in [-0.4, -0.2) is 24.9 Å². The summed E-state index contributed by atoms with van der Waals surface area (Å²) in [6.45, 7) is 7.22. The van der Waals surface area contributed by atoms with E-state index in [0.717, 1.165) is 36.4 Å². The highest BCUT2D eigenvalue weighted by molar-refractivity contribution is 7.85. The number of benzene rings is 2. The number of nitrogens with zero attached hydrogens (tertiary/aromatic N) is 1. The summed E-state index contributed by atoms with van der Waals surface area (Å²) >= 11 is 13.0. The van der Waals surface area contributed by atoms with Crippen molar-refractivity contribution in [2.45, 2.75) is 49.3 Å². The molecule has 0 saturated heterocycles. The van der Waals surface area contributed by atoms with Crippen LogP contribution in [0, 0.1) is 0 Å². The van der Waals surface area contributed by atoms with Crippen molar-refractivity contribution in [2.75, 3.05) is 25.6 Å². The number of hydrogen-bond donors (Lipinski definition) is 0. The summed E-state index contributed by atoms with van der Waals surface area (Å²) < 4.78 is 18.6. The quantitative estimate of drug-likeness (QED) is 0.479. The molecule has 0 aliphatic heterocycles. The molecular formula is C21H27Cl2NO2S. The molecule has 1 atom stereocenters. The predicted octanol–water partition coefficient (Wildman–Crippen LogP) is 6.53. The van der Waals surface area contributed by atoms with E-state index in [1.807, 2.05) is 31.3 Å². The Kier molecular flexibility index (Phi) is 8.02. The second-order valence-corrected chi connectivity index (χ2v) is 9.07. The fourth-order valence-corrected chi connectivity index (χ4v) is 4.89. The standard InChI is InChI=1S/C21H27Cl2NO2S/c1-6-7-10-24(4)15-11-18(22)21(19(23)12-15)27(25)16-8-9-20(26-5)17(13-16)14(2)3/h8-9,11-14H,6-7,10H2,1-5H3. The maximum absolute atomic E-state index is 13.2. The molecule has 0 bridgehead atoms. The zero-order chi connectivity index (χ0) is 20.1. The van der Waals surface area contributed by atoms with Gasteiger partial charge >= 0.3 is 0 Å². The lowest BCUT2D eigenvalue weighted by Gasteiger charge is -2.21. The molecule has 6 heteroatoms. The van der Waals surface area contributed by atoms with Crippen molar-refractivity contribution in [1.29, 1.82) is 0 Å². The van der Waals surface area contributed by atoms with E-state index in [4.69, 9.17) is 27.9 Å². The molecule has 2 rings (SSSR count). The van der Waals surface area contributed by atoms with Crippen LogP contribution in [0.25, 0.3) is 0 Å². The van der Waals surface area contributed by atoms with Crippen molar-refractivity contribution < 1.29 is 8.95 Å². The summed E-state index contributed by atoms with van der Waals surface area (Å²) in [6, 6.07) is 9.23. The molecule has 0 aliphatic carbocycles. The minimum absolute atomic E-state index is 0.248. The largest absolute Gasteiger partial charge is 0.496 e. The molecule has 0 amide bonds. The number of unbranched alkanes of at least 4 members (excludes halogenated alkanes) is 1. The maximum Gasteiger partial charge on any atom is 0.122 e. The second kappa shape index (κ2) is 9.81. The van der Waals surface area contributed by atoms with Gasteiger partial charge in [0.15, 0.2) is 0 Å². The number of halogens is 2. The van der Waals surface area contributed by atoms with Gasteiger partial charge in [-0.3, -0.25) is 0 Å². The third-order valence-corrected chi connectivity index (χ3v) is 6.81. The van der Waals surface area contributed by atoms with Gasteiger partial charge in [-0.1, -0.05) is 50.4 Å². The first-order valence-electron chi connectivity index (χ1n) is 9.10. The Labute approximate surface area is 175 Å². The SMILES string of the molecule is CCCCN(C)c1cc(Cl)c(S(=O)c2ccc(OC)c(C(C)C)c2)c(Cl)c1. The molecule has 3 nitrogen and oxygen atoms in total. The van der Waals surface area contributed by atoms with E-state index < -0.39 is 10.8 Å². The number of ether oxygens (including phenoxy) is 1. The average molecular weight is 428 g/mol. The Bertz CT molecular complexity index is 801. The monoisotopic (exact) mass is 427 g/mol. The molecule has 0 spiro atoms. The van der Waals surface area contributed by atoms with Gasteiger partial charge in [0.1, 0.15) is 5.75 Å². The molecule has 0 saturated carbocycles. The van der Waals surface area contributed by atoms with Crippen molar-refractivity contribution >= 4 is 39.7 Å². The molecule has 148 valence electrons. The molecule has 0 radical (unpaired) electrons. The van der Waals surface area contributed by atoms with Crippen LogP contribution >= 0.6 is 23.2 Å².